The van der Waals surface area contributed by atoms with E-state index in [9.17, 15) is 0 Å². The number of rotatable bonds is 2. The van der Waals surface area contributed by atoms with Gasteiger partial charge < -0.3 is 10.1 Å². The van der Waals surface area contributed by atoms with Crippen molar-refractivity contribution in [1.29, 1.82) is 0 Å². The molecule has 1 rings (SSSR count). The molecule has 0 amide bonds. The Morgan fingerprint density at radius 1 is 1.27 bits per heavy atom. The fourth-order valence-corrected chi connectivity index (χ4v) is 1.01. The van der Waals surface area contributed by atoms with Crippen molar-refractivity contribution in [3.63, 3.8) is 0 Å². The summed E-state index contributed by atoms with van der Waals surface area (Å²) in [6.45, 7) is 2.04. The van der Waals surface area contributed by atoms with Crippen molar-refractivity contribution >= 4 is 5.69 Å². The van der Waals surface area contributed by atoms with Gasteiger partial charge in [0.2, 0.25) is 0 Å². The zero-order chi connectivity index (χ0) is 8.27. The Morgan fingerprint density at radius 2 is 2.00 bits per heavy atom. The summed E-state index contributed by atoms with van der Waals surface area (Å²) in [4.78, 5) is 0. The molecule has 0 atom stereocenters. The number of nitrogens with one attached hydrogen (secondary N) is 1. The first-order valence-electron chi connectivity index (χ1n) is 3.59. The molecule has 0 heterocycles. The first kappa shape index (κ1) is 7.92. The predicted molar refractivity (Wildman–Crippen MR) is 47.3 cm³/mol. The topological polar surface area (TPSA) is 21.3 Å². The smallest absolute Gasteiger partial charge is 0.121 e. The quantitative estimate of drug-likeness (QED) is 0.698. The Bertz CT molecular complexity index is 223. The van der Waals surface area contributed by atoms with E-state index in [-0.39, 0.29) is 0 Å². The number of hydrogen-bond donors (Lipinski definition) is 1. The molecule has 2 nitrogen and oxygen atoms in total. The lowest BCUT2D eigenvalue weighted by Gasteiger charge is -2.05. The van der Waals surface area contributed by atoms with Gasteiger partial charge in [0, 0.05) is 18.8 Å². The lowest BCUT2D eigenvalue weighted by molar-refractivity contribution is 0.414. The van der Waals surface area contributed by atoms with E-state index in [1.165, 1.54) is 5.56 Å². The molecule has 0 saturated carbocycles. The third kappa shape index (κ3) is 1.87. The van der Waals surface area contributed by atoms with E-state index in [1.807, 2.05) is 26.1 Å². The predicted octanol–water partition coefficient (Wildman–Crippen LogP) is 2.05. The van der Waals surface area contributed by atoms with Crippen LogP contribution in [0.3, 0.4) is 0 Å². The zero-order valence-corrected chi connectivity index (χ0v) is 7.14. The van der Waals surface area contributed by atoms with Crippen molar-refractivity contribution in [2.24, 2.45) is 0 Å². The van der Waals surface area contributed by atoms with Gasteiger partial charge in [-0.25, -0.2) is 0 Å². The summed E-state index contributed by atoms with van der Waals surface area (Å²) in [6, 6.07) is 6.04. The Morgan fingerprint density at radius 3 is 2.55 bits per heavy atom. The normalized spacial score (nSPS) is 9.36. The lowest BCUT2D eigenvalue weighted by atomic mass is 10.2. The third-order valence-corrected chi connectivity index (χ3v) is 1.58. The summed E-state index contributed by atoms with van der Waals surface area (Å²) in [5.74, 6) is 0.898. The van der Waals surface area contributed by atoms with Crippen LogP contribution in [-0.2, 0) is 0 Å². The van der Waals surface area contributed by atoms with E-state index in [1.54, 1.807) is 7.11 Å². The standard InChI is InChI=1S/C9H13NO/c1-7-4-8(10-2)6-9(5-7)11-3/h4-6,10H,1-3H3. The van der Waals surface area contributed by atoms with Gasteiger partial charge in [-0.1, -0.05) is 0 Å². The van der Waals surface area contributed by atoms with Crippen LogP contribution < -0.4 is 10.1 Å². The molecule has 0 saturated heterocycles. The highest BCUT2D eigenvalue weighted by molar-refractivity contribution is 5.50. The first-order chi connectivity index (χ1) is 5.26. The van der Waals surface area contributed by atoms with E-state index in [0.717, 1.165) is 11.4 Å². The molecule has 0 fully saturated rings. The Labute approximate surface area is 67.2 Å². The maximum Gasteiger partial charge on any atom is 0.121 e. The minimum atomic E-state index is 0.898. The molecule has 60 valence electrons. The molecule has 0 aliphatic heterocycles. The summed E-state index contributed by atoms with van der Waals surface area (Å²) in [5.41, 5.74) is 2.29. The van der Waals surface area contributed by atoms with Gasteiger partial charge in [-0.05, 0) is 24.6 Å². The Balaban J connectivity index is 3.02. The first-order valence-corrected chi connectivity index (χ1v) is 3.59. The van der Waals surface area contributed by atoms with Gasteiger partial charge in [0.25, 0.3) is 0 Å². The molecule has 1 aromatic carbocycles. The second kappa shape index (κ2) is 3.28. The molecular weight excluding hydrogens is 138 g/mol. The van der Waals surface area contributed by atoms with Crippen LogP contribution in [0, 0.1) is 6.92 Å². The molecule has 0 spiro atoms. The molecule has 11 heavy (non-hydrogen) atoms. The number of hydrogen-bond acceptors (Lipinski definition) is 2. The van der Waals surface area contributed by atoms with Crippen LogP contribution in [0.15, 0.2) is 18.2 Å². The molecule has 0 bridgehead atoms. The van der Waals surface area contributed by atoms with E-state index in [0.29, 0.717) is 0 Å². The van der Waals surface area contributed by atoms with Crippen molar-refractivity contribution < 1.29 is 4.74 Å². The second-order valence-electron chi connectivity index (χ2n) is 2.49. The molecule has 1 N–H and O–H groups in total. The monoisotopic (exact) mass is 151 g/mol. The van der Waals surface area contributed by atoms with Gasteiger partial charge in [0.1, 0.15) is 5.75 Å². The summed E-state index contributed by atoms with van der Waals surface area (Å²) in [7, 11) is 3.57. The van der Waals surface area contributed by atoms with Crippen LogP contribution >= 0.6 is 0 Å². The lowest BCUT2D eigenvalue weighted by Crippen LogP contribution is -1.90. The molecule has 2 heteroatoms. The van der Waals surface area contributed by atoms with Crippen molar-refractivity contribution in [2.45, 2.75) is 6.92 Å². The van der Waals surface area contributed by atoms with Gasteiger partial charge >= 0.3 is 0 Å². The van der Waals surface area contributed by atoms with E-state index >= 15 is 0 Å². The number of anilines is 1. The molecule has 1 aromatic rings. The number of methoxy groups -OCH3 is 1. The highest BCUT2D eigenvalue weighted by atomic mass is 16.5. The second-order valence-corrected chi connectivity index (χ2v) is 2.49. The molecule has 0 aromatic heterocycles. The molecule has 0 aliphatic carbocycles. The van der Waals surface area contributed by atoms with Crippen LogP contribution in [0.25, 0.3) is 0 Å². The maximum atomic E-state index is 5.10. The summed E-state index contributed by atoms with van der Waals surface area (Å²) < 4.78 is 5.10. The van der Waals surface area contributed by atoms with Crippen LogP contribution in [0.5, 0.6) is 5.75 Å². The summed E-state index contributed by atoms with van der Waals surface area (Å²) in [5, 5.41) is 3.06. The minimum Gasteiger partial charge on any atom is -0.497 e. The molecule has 0 radical (unpaired) electrons. The Hall–Kier alpha value is -1.18. The van der Waals surface area contributed by atoms with Gasteiger partial charge in [0.15, 0.2) is 0 Å². The number of aryl methyl sites for hydroxylation is 1. The summed E-state index contributed by atoms with van der Waals surface area (Å²) >= 11 is 0. The molecule has 0 unspecified atom stereocenters. The largest absolute Gasteiger partial charge is 0.497 e. The average Bonchev–Trinajstić information content (AvgIpc) is 2.03. The molecular formula is C9H13NO. The van der Waals surface area contributed by atoms with Gasteiger partial charge in [-0.2, -0.15) is 0 Å². The molecule has 0 aliphatic rings. The van der Waals surface area contributed by atoms with Crippen molar-refractivity contribution in [2.75, 3.05) is 19.5 Å². The van der Waals surface area contributed by atoms with Crippen molar-refractivity contribution in [3.05, 3.63) is 23.8 Å². The van der Waals surface area contributed by atoms with E-state index < -0.39 is 0 Å². The SMILES string of the molecule is CNc1cc(C)cc(OC)c1. The van der Waals surface area contributed by atoms with Crippen molar-refractivity contribution in [1.82, 2.24) is 0 Å². The highest BCUT2D eigenvalue weighted by Gasteiger charge is 1.94. The van der Waals surface area contributed by atoms with Crippen LogP contribution in [-0.4, -0.2) is 14.2 Å². The third-order valence-electron chi connectivity index (χ3n) is 1.58. The van der Waals surface area contributed by atoms with Gasteiger partial charge in [-0.3, -0.25) is 0 Å². The average molecular weight is 151 g/mol. The van der Waals surface area contributed by atoms with Gasteiger partial charge in [-0.15, -0.1) is 0 Å². The minimum absolute atomic E-state index is 0.898. The van der Waals surface area contributed by atoms with Crippen LogP contribution in [0.1, 0.15) is 5.56 Å². The maximum absolute atomic E-state index is 5.10. The van der Waals surface area contributed by atoms with Crippen molar-refractivity contribution in [3.8, 4) is 5.75 Å². The number of ether oxygens (including phenoxy) is 1. The highest BCUT2D eigenvalue weighted by Crippen LogP contribution is 2.19. The fourth-order valence-electron chi connectivity index (χ4n) is 1.01. The van der Waals surface area contributed by atoms with E-state index in [2.05, 4.69) is 11.4 Å². The number of benzene rings is 1. The summed E-state index contributed by atoms with van der Waals surface area (Å²) in [6.07, 6.45) is 0. The van der Waals surface area contributed by atoms with Crippen LogP contribution in [0.4, 0.5) is 5.69 Å². The van der Waals surface area contributed by atoms with Crippen LogP contribution in [0.2, 0.25) is 0 Å². The zero-order valence-electron chi connectivity index (χ0n) is 7.14. The van der Waals surface area contributed by atoms with Gasteiger partial charge in [0.05, 0.1) is 7.11 Å². The Kier molecular flexibility index (Phi) is 2.36. The fraction of sp³-hybridized carbons (Fsp3) is 0.333. The van der Waals surface area contributed by atoms with E-state index in [4.69, 9.17) is 4.74 Å².